The number of carbonyl (C=O) groups excluding carboxylic acids is 2. The van der Waals surface area contributed by atoms with Crippen molar-refractivity contribution >= 4 is 33.8 Å². The molecule has 0 N–H and O–H groups in total. The van der Waals surface area contributed by atoms with E-state index in [2.05, 4.69) is 0 Å². The number of non-ortho nitro benzene ring substituents is 1. The first-order valence-electron chi connectivity index (χ1n) is 6.25. The molecule has 9 nitrogen and oxygen atoms in total. The van der Waals surface area contributed by atoms with Crippen LogP contribution in [0.15, 0.2) is 29.6 Å². The minimum absolute atomic E-state index is 0.0334. The number of benzene rings is 1. The van der Waals surface area contributed by atoms with E-state index in [9.17, 15) is 29.8 Å². The monoisotopic (exact) mass is 333 g/mol. The fraction of sp³-hybridized carbons (Fsp3) is 0.0769. The molecule has 0 aliphatic carbocycles. The third kappa shape index (κ3) is 2.44. The van der Waals surface area contributed by atoms with Crippen molar-refractivity contribution in [2.24, 2.45) is 0 Å². The Hall–Kier alpha value is -3.14. The number of hydrogen-bond donors (Lipinski definition) is 0. The summed E-state index contributed by atoms with van der Waals surface area (Å²) in [7, 11) is 0. The second-order valence-corrected chi connectivity index (χ2v) is 5.62. The molecule has 1 aliphatic rings. The van der Waals surface area contributed by atoms with Crippen molar-refractivity contribution in [1.82, 2.24) is 4.90 Å². The zero-order chi connectivity index (χ0) is 16.7. The Morgan fingerprint density at radius 2 is 1.70 bits per heavy atom. The van der Waals surface area contributed by atoms with Crippen LogP contribution in [0.25, 0.3) is 0 Å². The number of thiophene rings is 1. The molecular formula is C13H7N3O6S. The molecule has 1 aromatic heterocycles. The number of amides is 2. The molecule has 3 rings (SSSR count). The van der Waals surface area contributed by atoms with Crippen LogP contribution in [-0.4, -0.2) is 26.6 Å². The lowest BCUT2D eigenvalue weighted by molar-refractivity contribution is -0.384. The Labute approximate surface area is 132 Å². The van der Waals surface area contributed by atoms with Gasteiger partial charge in [-0.3, -0.25) is 34.7 Å². The zero-order valence-corrected chi connectivity index (χ0v) is 12.1. The number of rotatable bonds is 4. The lowest BCUT2D eigenvalue weighted by Crippen LogP contribution is -2.28. The quantitative estimate of drug-likeness (QED) is 0.480. The molecule has 23 heavy (non-hydrogen) atoms. The largest absolute Gasteiger partial charge is 0.324 e. The fourth-order valence-electron chi connectivity index (χ4n) is 2.26. The first kappa shape index (κ1) is 14.8. The van der Waals surface area contributed by atoms with E-state index >= 15 is 0 Å². The van der Waals surface area contributed by atoms with Crippen molar-refractivity contribution < 1.29 is 19.4 Å². The van der Waals surface area contributed by atoms with Gasteiger partial charge in [0.05, 0.1) is 27.5 Å². The predicted octanol–water partition coefficient (Wildman–Crippen LogP) is 2.36. The van der Waals surface area contributed by atoms with Crippen LogP contribution in [0.2, 0.25) is 0 Å². The highest BCUT2D eigenvalue weighted by Gasteiger charge is 2.37. The van der Waals surface area contributed by atoms with Crippen LogP contribution in [-0.2, 0) is 6.54 Å². The average Bonchev–Trinajstić information content (AvgIpc) is 3.07. The summed E-state index contributed by atoms with van der Waals surface area (Å²) in [6.07, 6.45) is 0. The summed E-state index contributed by atoms with van der Waals surface area (Å²) in [6, 6.07) is 4.75. The molecule has 0 bridgehead atoms. The van der Waals surface area contributed by atoms with Crippen LogP contribution in [0.1, 0.15) is 26.3 Å². The van der Waals surface area contributed by atoms with E-state index in [4.69, 9.17) is 0 Å². The standard InChI is InChI=1S/C13H7N3O6S/c17-12-9-2-1-8(15(19)20)4-10(9)13(18)14(12)5-7-3-11(16(21)22)23-6-7/h1-4,6H,5H2. The molecule has 0 atom stereocenters. The summed E-state index contributed by atoms with van der Waals surface area (Å²) >= 11 is 0.896. The third-order valence-electron chi connectivity index (χ3n) is 3.33. The molecule has 0 spiro atoms. The Kier molecular flexibility index (Phi) is 3.37. The topological polar surface area (TPSA) is 124 Å². The number of fused-ring (bicyclic) bond motifs is 1. The Bertz CT molecular complexity index is 874. The van der Waals surface area contributed by atoms with Gasteiger partial charge in [0.25, 0.3) is 17.5 Å². The molecule has 0 radical (unpaired) electrons. The number of nitrogens with zero attached hydrogens (tertiary/aromatic N) is 3. The maximum atomic E-state index is 12.3. The van der Waals surface area contributed by atoms with Gasteiger partial charge < -0.3 is 0 Å². The van der Waals surface area contributed by atoms with E-state index in [0.29, 0.717) is 5.56 Å². The first-order chi connectivity index (χ1) is 10.9. The molecule has 1 aromatic carbocycles. The fourth-order valence-corrected chi connectivity index (χ4v) is 2.98. The number of nitro benzene ring substituents is 1. The summed E-state index contributed by atoms with van der Waals surface area (Å²) in [4.78, 5) is 45.7. The minimum atomic E-state index is -0.650. The van der Waals surface area contributed by atoms with Crippen molar-refractivity contribution in [3.05, 3.63) is 66.6 Å². The molecule has 2 heterocycles. The summed E-state index contributed by atoms with van der Waals surface area (Å²) in [6.45, 7) is -0.121. The van der Waals surface area contributed by atoms with Gasteiger partial charge in [-0.15, -0.1) is 0 Å². The normalized spacial score (nSPS) is 13.3. The van der Waals surface area contributed by atoms with Crippen LogP contribution in [0.5, 0.6) is 0 Å². The van der Waals surface area contributed by atoms with E-state index in [1.807, 2.05) is 0 Å². The minimum Gasteiger partial charge on any atom is -0.270 e. The summed E-state index contributed by atoms with van der Waals surface area (Å²) in [5.41, 5.74) is 0.225. The van der Waals surface area contributed by atoms with Gasteiger partial charge in [0, 0.05) is 23.6 Å². The van der Waals surface area contributed by atoms with Gasteiger partial charge in [-0.05, 0) is 11.6 Å². The van der Waals surface area contributed by atoms with Crippen LogP contribution < -0.4 is 0 Å². The molecule has 0 unspecified atom stereocenters. The Morgan fingerprint density at radius 1 is 1.00 bits per heavy atom. The van der Waals surface area contributed by atoms with Gasteiger partial charge in [0.2, 0.25) is 0 Å². The number of carbonyl (C=O) groups is 2. The zero-order valence-electron chi connectivity index (χ0n) is 11.3. The second kappa shape index (κ2) is 5.25. The number of imide groups is 1. The summed E-state index contributed by atoms with van der Waals surface area (Å²) < 4.78 is 0. The van der Waals surface area contributed by atoms with E-state index in [-0.39, 0.29) is 28.4 Å². The van der Waals surface area contributed by atoms with Gasteiger partial charge in [-0.1, -0.05) is 11.3 Å². The lowest BCUT2D eigenvalue weighted by Gasteiger charge is -2.11. The SMILES string of the molecule is O=C1c2ccc([N+](=O)[O-])cc2C(=O)N1Cc1csc([N+](=O)[O-])c1. The molecular weight excluding hydrogens is 326 g/mol. The van der Waals surface area contributed by atoms with Gasteiger partial charge in [0.1, 0.15) is 0 Å². The lowest BCUT2D eigenvalue weighted by atomic mass is 10.1. The van der Waals surface area contributed by atoms with Gasteiger partial charge in [0.15, 0.2) is 0 Å². The maximum Gasteiger partial charge on any atom is 0.324 e. The van der Waals surface area contributed by atoms with E-state index in [0.717, 1.165) is 28.4 Å². The van der Waals surface area contributed by atoms with Gasteiger partial charge in [-0.25, -0.2) is 0 Å². The molecule has 1 aliphatic heterocycles. The van der Waals surface area contributed by atoms with E-state index in [1.54, 1.807) is 0 Å². The smallest absolute Gasteiger partial charge is 0.270 e. The van der Waals surface area contributed by atoms with Crippen molar-refractivity contribution in [2.75, 3.05) is 0 Å². The van der Waals surface area contributed by atoms with Crippen LogP contribution in [0.3, 0.4) is 0 Å². The highest BCUT2D eigenvalue weighted by Crippen LogP contribution is 2.30. The Morgan fingerprint density at radius 3 is 2.30 bits per heavy atom. The molecule has 116 valence electrons. The summed E-state index contributed by atoms with van der Waals surface area (Å²) in [5, 5.41) is 22.8. The van der Waals surface area contributed by atoms with Crippen molar-refractivity contribution in [3.8, 4) is 0 Å². The first-order valence-corrected chi connectivity index (χ1v) is 7.13. The number of nitro groups is 2. The molecule has 0 saturated carbocycles. The average molecular weight is 333 g/mol. The number of hydrogen-bond acceptors (Lipinski definition) is 7. The highest BCUT2D eigenvalue weighted by atomic mass is 32.1. The molecule has 2 aromatic rings. The molecule has 0 fully saturated rings. The molecule has 2 amide bonds. The van der Waals surface area contributed by atoms with Crippen LogP contribution in [0.4, 0.5) is 10.7 Å². The van der Waals surface area contributed by atoms with Crippen LogP contribution >= 0.6 is 11.3 Å². The maximum absolute atomic E-state index is 12.3. The highest BCUT2D eigenvalue weighted by molar-refractivity contribution is 7.13. The Balaban J connectivity index is 1.90. The van der Waals surface area contributed by atoms with E-state index < -0.39 is 21.7 Å². The van der Waals surface area contributed by atoms with Crippen LogP contribution in [0, 0.1) is 20.2 Å². The van der Waals surface area contributed by atoms with Crippen molar-refractivity contribution in [3.63, 3.8) is 0 Å². The predicted molar refractivity (Wildman–Crippen MR) is 78.3 cm³/mol. The van der Waals surface area contributed by atoms with Gasteiger partial charge >= 0.3 is 5.00 Å². The van der Waals surface area contributed by atoms with Crippen molar-refractivity contribution in [1.29, 1.82) is 0 Å². The van der Waals surface area contributed by atoms with E-state index in [1.165, 1.54) is 17.5 Å². The molecule has 10 heteroatoms. The van der Waals surface area contributed by atoms with Crippen molar-refractivity contribution in [2.45, 2.75) is 6.54 Å². The second-order valence-electron chi connectivity index (χ2n) is 4.73. The molecule has 0 saturated heterocycles. The summed E-state index contributed by atoms with van der Waals surface area (Å²) in [5.74, 6) is -1.23. The van der Waals surface area contributed by atoms with Gasteiger partial charge in [-0.2, -0.15) is 0 Å². The third-order valence-corrected chi connectivity index (χ3v) is 4.25.